The number of nitrogens with zero attached hydrogens (tertiary/aromatic N) is 2. The molecule has 0 spiro atoms. The Hall–Kier alpha value is -3.22. The predicted octanol–water partition coefficient (Wildman–Crippen LogP) is 4.11. The van der Waals surface area contributed by atoms with Crippen LogP contribution in [-0.4, -0.2) is 40.0 Å². The number of aromatic nitrogens is 1. The van der Waals surface area contributed by atoms with Crippen molar-refractivity contribution < 1.29 is 18.7 Å². The third-order valence-electron chi connectivity index (χ3n) is 7.00. The second-order valence-electron chi connectivity index (χ2n) is 9.07. The largest absolute Gasteiger partial charge is 0.496 e. The number of benzene rings is 1. The van der Waals surface area contributed by atoms with E-state index in [1.165, 1.54) is 6.42 Å². The molecule has 168 valence electrons. The van der Waals surface area contributed by atoms with E-state index in [4.69, 9.17) is 9.15 Å². The lowest BCUT2D eigenvalue weighted by molar-refractivity contribution is -0.134. The van der Waals surface area contributed by atoms with Gasteiger partial charge >= 0.3 is 0 Å². The van der Waals surface area contributed by atoms with E-state index in [0.29, 0.717) is 23.6 Å². The molecule has 0 saturated heterocycles. The van der Waals surface area contributed by atoms with E-state index in [1.807, 2.05) is 41.8 Å². The first kappa shape index (κ1) is 20.7. The van der Waals surface area contributed by atoms with E-state index in [-0.39, 0.29) is 24.4 Å². The van der Waals surface area contributed by atoms with Crippen LogP contribution in [0.3, 0.4) is 0 Å². The molecule has 1 aliphatic carbocycles. The average molecular weight is 436 g/mol. The van der Waals surface area contributed by atoms with Gasteiger partial charge in [-0.2, -0.15) is 0 Å². The summed E-state index contributed by atoms with van der Waals surface area (Å²) < 4.78 is 13.0. The molecular formula is C25H29N3O4. The lowest BCUT2D eigenvalue weighted by Crippen LogP contribution is -2.64. The maximum atomic E-state index is 13.7. The lowest BCUT2D eigenvalue weighted by atomic mass is 9.91. The van der Waals surface area contributed by atoms with Crippen molar-refractivity contribution in [1.82, 2.24) is 14.8 Å². The summed E-state index contributed by atoms with van der Waals surface area (Å²) in [5, 5.41) is 3.26. The van der Waals surface area contributed by atoms with Crippen molar-refractivity contribution >= 4 is 22.9 Å². The van der Waals surface area contributed by atoms with Gasteiger partial charge in [-0.15, -0.1) is 0 Å². The molecule has 1 fully saturated rings. The Morgan fingerprint density at radius 3 is 2.78 bits per heavy atom. The fraction of sp³-hybridized carbons (Fsp3) is 0.440. The van der Waals surface area contributed by atoms with Crippen LogP contribution in [0.5, 0.6) is 5.75 Å². The van der Waals surface area contributed by atoms with E-state index in [9.17, 15) is 9.59 Å². The molecule has 1 atom stereocenters. The average Bonchev–Trinajstić information content (AvgIpc) is 3.40. The van der Waals surface area contributed by atoms with Gasteiger partial charge in [0.1, 0.15) is 17.0 Å². The van der Waals surface area contributed by atoms with Gasteiger partial charge in [0.15, 0.2) is 5.58 Å². The molecule has 7 heteroatoms. The highest BCUT2D eigenvalue weighted by Crippen LogP contribution is 2.35. The summed E-state index contributed by atoms with van der Waals surface area (Å²) in [5.41, 5.74) is 1.84. The van der Waals surface area contributed by atoms with Crippen molar-refractivity contribution in [1.29, 1.82) is 0 Å². The molecule has 0 radical (unpaired) electrons. The number of para-hydroxylation sites is 1. The molecule has 1 saturated carbocycles. The number of hydrogen-bond acceptors (Lipinski definition) is 4. The van der Waals surface area contributed by atoms with Gasteiger partial charge in [-0.05, 0) is 25.8 Å². The Morgan fingerprint density at radius 2 is 2.00 bits per heavy atom. The maximum absolute atomic E-state index is 13.7. The minimum atomic E-state index is -1.05. The minimum Gasteiger partial charge on any atom is -0.496 e. The molecule has 0 bridgehead atoms. The van der Waals surface area contributed by atoms with Crippen LogP contribution in [0.15, 0.2) is 47.1 Å². The quantitative estimate of drug-likeness (QED) is 0.654. The van der Waals surface area contributed by atoms with E-state index >= 15 is 0 Å². The Balaban J connectivity index is 1.54. The molecule has 1 N–H and O–H groups in total. The van der Waals surface area contributed by atoms with Gasteiger partial charge in [0.25, 0.3) is 5.91 Å². The van der Waals surface area contributed by atoms with Gasteiger partial charge in [-0.25, -0.2) is 0 Å². The number of methoxy groups -OCH3 is 1. The van der Waals surface area contributed by atoms with Crippen molar-refractivity contribution in [2.75, 3.05) is 7.11 Å². The van der Waals surface area contributed by atoms with Crippen LogP contribution in [0, 0.1) is 0 Å². The molecule has 5 rings (SSSR count). The van der Waals surface area contributed by atoms with Crippen molar-refractivity contribution in [3.05, 3.63) is 53.9 Å². The fourth-order valence-corrected chi connectivity index (χ4v) is 5.11. The highest BCUT2D eigenvalue weighted by atomic mass is 16.5. The van der Waals surface area contributed by atoms with Crippen molar-refractivity contribution in [2.24, 2.45) is 0 Å². The van der Waals surface area contributed by atoms with Gasteiger partial charge in [0.05, 0.1) is 32.0 Å². The Bertz CT molecular complexity index is 1160. The zero-order valence-electron chi connectivity index (χ0n) is 18.6. The minimum absolute atomic E-state index is 0.108. The summed E-state index contributed by atoms with van der Waals surface area (Å²) in [6.07, 6.45) is 7.06. The van der Waals surface area contributed by atoms with Gasteiger partial charge < -0.3 is 23.9 Å². The summed E-state index contributed by atoms with van der Waals surface area (Å²) in [4.78, 5) is 29.2. The summed E-state index contributed by atoms with van der Waals surface area (Å²) in [6, 6.07) is 11.4. The number of rotatable bonds is 5. The van der Waals surface area contributed by atoms with Crippen LogP contribution in [0.4, 0.5) is 0 Å². The standard InChI is InChI=1S/C25H29N3O4/c1-25(24(30)26-18-9-4-3-5-10-18)16-27-19-12-13-32-22(19)14-20(27)23(29)28(25)15-17-8-6-7-11-21(17)31-2/h6-8,11-14,18H,3-5,9-10,15-16H2,1-2H3,(H,26,30). The molecule has 2 amide bonds. The fourth-order valence-electron chi connectivity index (χ4n) is 5.11. The first-order valence-corrected chi connectivity index (χ1v) is 11.3. The van der Waals surface area contributed by atoms with Gasteiger partial charge in [0, 0.05) is 23.7 Å². The molecule has 1 unspecified atom stereocenters. The Morgan fingerprint density at radius 1 is 1.22 bits per heavy atom. The number of nitrogens with one attached hydrogen (secondary N) is 1. The van der Waals surface area contributed by atoms with E-state index < -0.39 is 5.54 Å². The first-order chi connectivity index (χ1) is 15.5. The summed E-state index contributed by atoms with van der Waals surface area (Å²) >= 11 is 0. The predicted molar refractivity (Wildman–Crippen MR) is 120 cm³/mol. The first-order valence-electron chi connectivity index (χ1n) is 11.3. The van der Waals surface area contributed by atoms with Crippen LogP contribution < -0.4 is 10.1 Å². The summed E-state index contributed by atoms with van der Waals surface area (Å²) in [5.74, 6) is 0.406. The smallest absolute Gasteiger partial charge is 0.271 e. The van der Waals surface area contributed by atoms with Crippen molar-refractivity contribution in [2.45, 2.75) is 63.7 Å². The Labute approximate surface area is 187 Å². The molecule has 1 aromatic carbocycles. The SMILES string of the molecule is COc1ccccc1CN1C(=O)c2cc3occc3n2CC1(C)C(=O)NC1CCCCC1. The molecule has 3 heterocycles. The number of fused-ring (bicyclic) bond motifs is 3. The Kier molecular flexibility index (Phi) is 5.19. The molecular weight excluding hydrogens is 406 g/mol. The normalized spacial score (nSPS) is 21.6. The number of furan rings is 1. The molecule has 7 nitrogen and oxygen atoms in total. The van der Waals surface area contributed by atoms with Gasteiger partial charge in [0.2, 0.25) is 5.91 Å². The van der Waals surface area contributed by atoms with E-state index in [0.717, 1.165) is 36.8 Å². The monoisotopic (exact) mass is 435 g/mol. The van der Waals surface area contributed by atoms with Crippen LogP contribution in [0.2, 0.25) is 0 Å². The van der Waals surface area contributed by atoms with Gasteiger partial charge in [-0.1, -0.05) is 37.5 Å². The van der Waals surface area contributed by atoms with Crippen LogP contribution in [-0.2, 0) is 17.9 Å². The number of carbonyl (C=O) groups is 2. The summed E-state index contributed by atoms with van der Waals surface area (Å²) in [6.45, 7) is 2.52. The number of carbonyl (C=O) groups excluding carboxylic acids is 2. The molecule has 2 aromatic heterocycles. The number of ether oxygens (including phenoxy) is 1. The molecule has 32 heavy (non-hydrogen) atoms. The number of amides is 2. The third-order valence-corrected chi connectivity index (χ3v) is 7.00. The van der Waals surface area contributed by atoms with Crippen LogP contribution >= 0.6 is 0 Å². The molecule has 3 aromatic rings. The van der Waals surface area contributed by atoms with Crippen molar-refractivity contribution in [3.63, 3.8) is 0 Å². The zero-order valence-corrected chi connectivity index (χ0v) is 18.6. The molecule has 2 aliphatic rings. The molecule has 1 aliphatic heterocycles. The third kappa shape index (κ3) is 3.36. The highest BCUT2D eigenvalue weighted by Gasteiger charge is 2.48. The summed E-state index contributed by atoms with van der Waals surface area (Å²) in [7, 11) is 1.62. The number of hydrogen-bond donors (Lipinski definition) is 1. The second kappa shape index (κ2) is 8.04. The second-order valence-corrected chi connectivity index (χ2v) is 9.07. The van der Waals surface area contributed by atoms with Crippen LogP contribution in [0.25, 0.3) is 11.1 Å². The maximum Gasteiger partial charge on any atom is 0.271 e. The highest BCUT2D eigenvalue weighted by molar-refractivity contribution is 6.02. The van der Waals surface area contributed by atoms with E-state index in [1.54, 1.807) is 24.3 Å². The van der Waals surface area contributed by atoms with Gasteiger partial charge in [-0.3, -0.25) is 9.59 Å². The zero-order chi connectivity index (χ0) is 22.3. The lowest BCUT2D eigenvalue weighted by Gasteiger charge is -2.45. The van der Waals surface area contributed by atoms with E-state index in [2.05, 4.69) is 5.32 Å². The van der Waals surface area contributed by atoms with Crippen LogP contribution in [0.1, 0.15) is 55.1 Å². The van der Waals surface area contributed by atoms with Crippen molar-refractivity contribution in [3.8, 4) is 5.75 Å². The topological polar surface area (TPSA) is 76.7 Å².